The number of nitrogens with zero attached hydrogens (tertiary/aromatic N) is 1. The molecule has 0 aromatic heterocycles. The van der Waals surface area contributed by atoms with Gasteiger partial charge in [0, 0.05) is 18.6 Å². The fourth-order valence-corrected chi connectivity index (χ4v) is 4.42. The molecule has 1 aromatic rings. The Kier molecular flexibility index (Phi) is 4.60. The molecule has 0 spiro atoms. The molecule has 0 radical (unpaired) electrons. The van der Waals surface area contributed by atoms with Crippen LogP contribution in [0.3, 0.4) is 0 Å². The number of piperidine rings is 1. The topological polar surface area (TPSA) is 63.4 Å². The van der Waals surface area contributed by atoms with Crippen molar-refractivity contribution >= 4 is 10.0 Å². The molecule has 1 aliphatic rings. The maximum atomic E-state index is 13.8. The van der Waals surface area contributed by atoms with Gasteiger partial charge in [0.2, 0.25) is 10.0 Å². The van der Waals surface area contributed by atoms with Crippen molar-refractivity contribution in [3.63, 3.8) is 0 Å². The largest absolute Gasteiger partial charge is 0.326 e. The summed E-state index contributed by atoms with van der Waals surface area (Å²) in [5, 5.41) is 0. The van der Waals surface area contributed by atoms with Crippen molar-refractivity contribution in [1.29, 1.82) is 0 Å². The van der Waals surface area contributed by atoms with Crippen LogP contribution in [-0.4, -0.2) is 31.4 Å². The zero-order valence-electron chi connectivity index (χ0n) is 11.5. The van der Waals surface area contributed by atoms with Gasteiger partial charge >= 0.3 is 0 Å². The summed E-state index contributed by atoms with van der Waals surface area (Å²) in [6.45, 7) is 1.85. The molecule has 0 bridgehead atoms. The predicted octanol–water partition coefficient (Wildman–Crippen LogP) is 1.99. The Balaban J connectivity index is 2.48. The van der Waals surface area contributed by atoms with Crippen LogP contribution in [0.1, 0.15) is 26.2 Å². The van der Waals surface area contributed by atoms with E-state index in [1.165, 1.54) is 0 Å². The Morgan fingerprint density at radius 3 is 2.52 bits per heavy atom. The average Bonchev–Trinajstić information content (AvgIpc) is 2.44. The summed E-state index contributed by atoms with van der Waals surface area (Å²) in [6.07, 6.45) is 1.99. The number of halogens is 3. The minimum absolute atomic E-state index is 0.187. The van der Waals surface area contributed by atoms with Gasteiger partial charge in [-0.1, -0.05) is 6.42 Å². The molecule has 0 amide bonds. The minimum atomic E-state index is -4.25. The van der Waals surface area contributed by atoms with Crippen molar-refractivity contribution < 1.29 is 21.6 Å². The van der Waals surface area contributed by atoms with Gasteiger partial charge in [0.05, 0.1) is 0 Å². The quantitative estimate of drug-likeness (QED) is 0.866. The van der Waals surface area contributed by atoms with E-state index < -0.39 is 44.5 Å². The first-order chi connectivity index (χ1) is 9.76. The number of hydrogen-bond acceptors (Lipinski definition) is 3. The van der Waals surface area contributed by atoms with Gasteiger partial charge in [0.15, 0.2) is 17.5 Å². The van der Waals surface area contributed by atoms with Gasteiger partial charge < -0.3 is 5.73 Å². The SMILES string of the molecule is C[C@@H](N)[C@@H]1CCCCN1S(=O)(=O)c1ccc(F)c(F)c1F. The molecular weight excluding hydrogens is 305 g/mol. The lowest BCUT2D eigenvalue weighted by molar-refractivity contribution is 0.226. The van der Waals surface area contributed by atoms with Gasteiger partial charge in [-0.3, -0.25) is 0 Å². The summed E-state index contributed by atoms with van der Waals surface area (Å²) in [7, 11) is -4.25. The molecule has 0 aliphatic carbocycles. The van der Waals surface area contributed by atoms with Crippen LogP contribution in [0.15, 0.2) is 17.0 Å². The molecule has 1 fully saturated rings. The molecule has 118 valence electrons. The van der Waals surface area contributed by atoms with Gasteiger partial charge in [0.1, 0.15) is 4.90 Å². The summed E-state index contributed by atoms with van der Waals surface area (Å²) in [4.78, 5) is -0.853. The lowest BCUT2D eigenvalue weighted by Gasteiger charge is -2.36. The van der Waals surface area contributed by atoms with Gasteiger partial charge in [-0.2, -0.15) is 4.31 Å². The molecule has 2 atom stereocenters. The number of hydrogen-bond donors (Lipinski definition) is 1. The molecule has 1 heterocycles. The fraction of sp³-hybridized carbons (Fsp3) is 0.538. The van der Waals surface area contributed by atoms with Crippen molar-refractivity contribution in [2.24, 2.45) is 5.73 Å². The second-order valence-electron chi connectivity index (χ2n) is 5.21. The molecule has 1 aliphatic heterocycles. The Labute approximate surface area is 121 Å². The van der Waals surface area contributed by atoms with E-state index in [0.717, 1.165) is 16.8 Å². The van der Waals surface area contributed by atoms with Crippen LogP contribution in [-0.2, 0) is 10.0 Å². The van der Waals surface area contributed by atoms with E-state index in [-0.39, 0.29) is 6.54 Å². The number of benzene rings is 1. The van der Waals surface area contributed by atoms with Crippen LogP contribution in [0.2, 0.25) is 0 Å². The standard InChI is InChI=1S/C13H17F3N2O2S/c1-8(17)10-4-2-3-7-18(10)21(19,20)11-6-5-9(14)12(15)13(11)16/h5-6,8,10H,2-4,7,17H2,1H3/t8-,10+/m1/s1. The van der Waals surface area contributed by atoms with Crippen LogP contribution >= 0.6 is 0 Å². The van der Waals surface area contributed by atoms with Gasteiger partial charge in [-0.05, 0) is 31.9 Å². The molecule has 2 rings (SSSR count). The molecule has 2 N–H and O–H groups in total. The van der Waals surface area contributed by atoms with Crippen LogP contribution in [0.5, 0.6) is 0 Å². The van der Waals surface area contributed by atoms with Crippen molar-refractivity contribution in [3.8, 4) is 0 Å². The summed E-state index contributed by atoms with van der Waals surface area (Å²) >= 11 is 0. The van der Waals surface area contributed by atoms with Gasteiger partial charge in [-0.25, -0.2) is 21.6 Å². The Morgan fingerprint density at radius 2 is 1.90 bits per heavy atom. The fourth-order valence-electron chi connectivity index (χ4n) is 2.59. The smallest absolute Gasteiger partial charge is 0.246 e. The summed E-state index contributed by atoms with van der Waals surface area (Å²) in [6, 6.07) is 0.441. The molecule has 21 heavy (non-hydrogen) atoms. The first kappa shape index (κ1) is 16.3. The van der Waals surface area contributed by atoms with Crippen LogP contribution in [0.4, 0.5) is 13.2 Å². The molecule has 1 saturated heterocycles. The van der Waals surface area contributed by atoms with E-state index in [4.69, 9.17) is 5.73 Å². The Hall–Kier alpha value is -1.12. The van der Waals surface area contributed by atoms with Crippen molar-refractivity contribution in [1.82, 2.24) is 4.31 Å². The average molecular weight is 322 g/mol. The second kappa shape index (κ2) is 5.94. The zero-order valence-corrected chi connectivity index (χ0v) is 12.3. The van der Waals surface area contributed by atoms with Gasteiger partial charge in [-0.15, -0.1) is 0 Å². The number of rotatable bonds is 3. The normalized spacial score (nSPS) is 22.2. The highest BCUT2D eigenvalue weighted by atomic mass is 32.2. The van der Waals surface area contributed by atoms with Crippen LogP contribution in [0, 0.1) is 17.5 Å². The van der Waals surface area contributed by atoms with E-state index in [9.17, 15) is 21.6 Å². The van der Waals surface area contributed by atoms with Crippen molar-refractivity contribution in [2.45, 2.75) is 43.2 Å². The highest BCUT2D eigenvalue weighted by Gasteiger charge is 2.37. The third kappa shape index (κ3) is 2.93. The predicted molar refractivity (Wildman–Crippen MR) is 71.5 cm³/mol. The maximum absolute atomic E-state index is 13.8. The maximum Gasteiger partial charge on any atom is 0.246 e. The first-order valence-corrected chi connectivity index (χ1v) is 8.11. The minimum Gasteiger partial charge on any atom is -0.326 e. The Bertz CT molecular complexity index is 635. The molecule has 1 aromatic carbocycles. The van der Waals surface area contributed by atoms with Crippen LogP contribution < -0.4 is 5.73 Å². The molecule has 8 heteroatoms. The molecule has 4 nitrogen and oxygen atoms in total. The van der Waals surface area contributed by atoms with Crippen LogP contribution in [0.25, 0.3) is 0 Å². The van der Waals surface area contributed by atoms with Crippen molar-refractivity contribution in [3.05, 3.63) is 29.6 Å². The molecular formula is C13H17F3N2O2S. The monoisotopic (exact) mass is 322 g/mol. The third-order valence-electron chi connectivity index (χ3n) is 3.69. The Morgan fingerprint density at radius 1 is 1.24 bits per heavy atom. The lowest BCUT2D eigenvalue weighted by Crippen LogP contribution is -2.51. The van der Waals surface area contributed by atoms with E-state index in [0.29, 0.717) is 18.9 Å². The lowest BCUT2D eigenvalue weighted by atomic mass is 10.00. The third-order valence-corrected chi connectivity index (χ3v) is 5.63. The van der Waals surface area contributed by atoms with E-state index in [1.54, 1.807) is 6.92 Å². The molecule has 0 saturated carbocycles. The summed E-state index contributed by atoms with van der Waals surface area (Å²) in [5.41, 5.74) is 5.79. The van der Waals surface area contributed by atoms with Gasteiger partial charge in [0.25, 0.3) is 0 Å². The molecule has 0 unspecified atom stereocenters. The summed E-state index contributed by atoms with van der Waals surface area (Å²) in [5.74, 6) is -4.90. The summed E-state index contributed by atoms with van der Waals surface area (Å²) < 4.78 is 66.2. The van der Waals surface area contributed by atoms with E-state index >= 15 is 0 Å². The first-order valence-electron chi connectivity index (χ1n) is 6.67. The highest BCUT2D eigenvalue weighted by Crippen LogP contribution is 2.29. The van der Waals surface area contributed by atoms with Crippen molar-refractivity contribution in [2.75, 3.05) is 6.54 Å². The van der Waals surface area contributed by atoms with E-state index in [2.05, 4.69) is 0 Å². The van der Waals surface area contributed by atoms with E-state index in [1.807, 2.05) is 0 Å². The number of sulfonamides is 1. The second-order valence-corrected chi connectivity index (χ2v) is 7.07. The zero-order chi connectivity index (χ0) is 15.8. The number of nitrogens with two attached hydrogens (primary N) is 1. The highest BCUT2D eigenvalue weighted by molar-refractivity contribution is 7.89.